The molecule has 0 atom stereocenters. The van der Waals surface area contributed by atoms with Gasteiger partial charge in [-0.15, -0.1) is 0 Å². The molecule has 0 unspecified atom stereocenters. The minimum Gasteiger partial charge on any atom is -0.378 e. The largest absolute Gasteiger partial charge is 0.378 e. The number of methoxy groups -OCH3 is 1. The van der Waals surface area contributed by atoms with E-state index in [-0.39, 0.29) is 5.60 Å². The Morgan fingerprint density at radius 2 is 2.36 bits per heavy atom. The molecule has 0 saturated carbocycles. The van der Waals surface area contributed by atoms with Crippen LogP contribution in [0.1, 0.15) is 18.5 Å². The average molecular weight is 196 g/mol. The van der Waals surface area contributed by atoms with Gasteiger partial charge in [-0.3, -0.25) is 0 Å². The van der Waals surface area contributed by atoms with Crippen LogP contribution in [0.3, 0.4) is 0 Å². The molecule has 0 radical (unpaired) electrons. The lowest BCUT2D eigenvalue weighted by atomic mass is 9.87. The van der Waals surface area contributed by atoms with Crippen molar-refractivity contribution in [1.29, 1.82) is 0 Å². The summed E-state index contributed by atoms with van der Waals surface area (Å²) in [6, 6.07) is 1.91. The maximum absolute atomic E-state index is 5.63. The lowest BCUT2D eigenvalue weighted by Crippen LogP contribution is -2.45. The highest BCUT2D eigenvalue weighted by Crippen LogP contribution is 2.26. The zero-order chi connectivity index (χ0) is 9.86. The van der Waals surface area contributed by atoms with Gasteiger partial charge < -0.3 is 14.6 Å². The van der Waals surface area contributed by atoms with Crippen molar-refractivity contribution >= 4 is 0 Å². The third kappa shape index (κ3) is 1.96. The quantitative estimate of drug-likeness (QED) is 0.783. The predicted octanol–water partition coefficient (Wildman–Crippen LogP) is 0.986. The van der Waals surface area contributed by atoms with Crippen molar-refractivity contribution in [2.24, 2.45) is 0 Å². The minimum absolute atomic E-state index is 0.0396. The van der Waals surface area contributed by atoms with E-state index in [0.29, 0.717) is 0 Å². The maximum Gasteiger partial charge on any atom is 0.124 e. The highest BCUT2D eigenvalue weighted by molar-refractivity contribution is 5.03. The first kappa shape index (κ1) is 9.68. The molecular formula is C10H16N2O2. The Hall–Kier alpha value is -0.870. The van der Waals surface area contributed by atoms with Crippen LogP contribution in [-0.4, -0.2) is 31.0 Å². The van der Waals surface area contributed by atoms with Crippen molar-refractivity contribution < 1.29 is 9.26 Å². The second-order valence-corrected chi connectivity index (χ2v) is 3.80. The molecule has 1 fully saturated rings. The van der Waals surface area contributed by atoms with E-state index in [1.54, 1.807) is 13.4 Å². The molecule has 0 amide bonds. The first-order valence-corrected chi connectivity index (χ1v) is 5.00. The monoisotopic (exact) mass is 196 g/mol. The van der Waals surface area contributed by atoms with Gasteiger partial charge in [-0.05, 0) is 25.9 Å². The standard InChI is InChI=1S/C10H16N2O2/c1-13-10(3-5-11-6-4-10)8-9-2-7-14-12-9/h2,7,11H,3-6,8H2,1H3. The van der Waals surface area contributed by atoms with Crippen molar-refractivity contribution in [1.82, 2.24) is 10.5 Å². The van der Waals surface area contributed by atoms with Gasteiger partial charge in [0, 0.05) is 19.6 Å². The molecule has 1 aromatic rings. The summed E-state index contributed by atoms with van der Waals surface area (Å²) in [6.45, 7) is 2.04. The first-order valence-electron chi connectivity index (χ1n) is 5.00. The molecule has 1 aliphatic rings. The first-order chi connectivity index (χ1) is 6.85. The van der Waals surface area contributed by atoms with E-state index < -0.39 is 0 Å². The molecule has 0 bridgehead atoms. The number of hydrogen-bond acceptors (Lipinski definition) is 4. The van der Waals surface area contributed by atoms with Gasteiger partial charge >= 0.3 is 0 Å². The van der Waals surface area contributed by atoms with Crippen molar-refractivity contribution in [3.05, 3.63) is 18.0 Å². The third-order valence-corrected chi connectivity index (χ3v) is 2.94. The Morgan fingerprint density at radius 1 is 1.57 bits per heavy atom. The third-order valence-electron chi connectivity index (χ3n) is 2.94. The summed E-state index contributed by atoms with van der Waals surface area (Å²) in [6.07, 6.45) is 4.54. The van der Waals surface area contributed by atoms with E-state index >= 15 is 0 Å². The number of aromatic nitrogens is 1. The SMILES string of the molecule is COC1(Cc2ccon2)CCNCC1. The van der Waals surface area contributed by atoms with Crippen LogP contribution >= 0.6 is 0 Å². The van der Waals surface area contributed by atoms with E-state index in [0.717, 1.165) is 38.0 Å². The summed E-state index contributed by atoms with van der Waals surface area (Å²) in [7, 11) is 1.78. The average Bonchev–Trinajstić information content (AvgIpc) is 2.72. The van der Waals surface area contributed by atoms with Crippen LogP contribution in [0.5, 0.6) is 0 Å². The van der Waals surface area contributed by atoms with Gasteiger partial charge in [0.1, 0.15) is 6.26 Å². The molecule has 1 aliphatic heterocycles. The number of nitrogens with zero attached hydrogens (tertiary/aromatic N) is 1. The molecular weight excluding hydrogens is 180 g/mol. The summed E-state index contributed by atoms with van der Waals surface area (Å²) < 4.78 is 10.5. The van der Waals surface area contributed by atoms with E-state index in [2.05, 4.69) is 10.5 Å². The van der Waals surface area contributed by atoms with E-state index in [1.165, 1.54) is 0 Å². The number of piperidine rings is 1. The number of hydrogen-bond donors (Lipinski definition) is 1. The molecule has 1 aromatic heterocycles. The van der Waals surface area contributed by atoms with Crippen molar-refractivity contribution in [3.8, 4) is 0 Å². The maximum atomic E-state index is 5.63. The fourth-order valence-corrected chi connectivity index (χ4v) is 1.99. The Kier molecular flexibility index (Phi) is 2.84. The molecule has 1 N–H and O–H groups in total. The fraction of sp³-hybridized carbons (Fsp3) is 0.700. The highest BCUT2D eigenvalue weighted by Gasteiger charge is 2.32. The molecule has 4 heteroatoms. The van der Waals surface area contributed by atoms with E-state index in [4.69, 9.17) is 9.26 Å². The molecule has 4 nitrogen and oxygen atoms in total. The lowest BCUT2D eigenvalue weighted by Gasteiger charge is -2.35. The lowest BCUT2D eigenvalue weighted by molar-refractivity contribution is -0.0344. The molecule has 14 heavy (non-hydrogen) atoms. The van der Waals surface area contributed by atoms with Crippen LogP contribution in [0.2, 0.25) is 0 Å². The number of rotatable bonds is 3. The normalized spacial score (nSPS) is 20.9. The van der Waals surface area contributed by atoms with Gasteiger partial charge in [0.2, 0.25) is 0 Å². The summed E-state index contributed by atoms with van der Waals surface area (Å²) in [4.78, 5) is 0. The topological polar surface area (TPSA) is 47.3 Å². The van der Waals surface area contributed by atoms with Gasteiger partial charge in [-0.1, -0.05) is 5.16 Å². The van der Waals surface area contributed by atoms with E-state index in [9.17, 15) is 0 Å². The van der Waals surface area contributed by atoms with Crippen molar-refractivity contribution in [2.45, 2.75) is 24.9 Å². The van der Waals surface area contributed by atoms with Crippen LogP contribution in [-0.2, 0) is 11.2 Å². The fourth-order valence-electron chi connectivity index (χ4n) is 1.99. The minimum atomic E-state index is -0.0396. The van der Waals surface area contributed by atoms with Crippen LogP contribution < -0.4 is 5.32 Å². The zero-order valence-corrected chi connectivity index (χ0v) is 8.45. The Bertz CT molecular complexity index is 266. The molecule has 0 aliphatic carbocycles. The summed E-state index contributed by atoms with van der Waals surface area (Å²) in [5, 5.41) is 7.26. The Balaban J connectivity index is 2.04. The van der Waals surface area contributed by atoms with Gasteiger partial charge in [0.25, 0.3) is 0 Å². The second-order valence-electron chi connectivity index (χ2n) is 3.80. The van der Waals surface area contributed by atoms with Crippen LogP contribution in [0.4, 0.5) is 0 Å². The zero-order valence-electron chi connectivity index (χ0n) is 8.45. The highest BCUT2D eigenvalue weighted by atomic mass is 16.5. The second kappa shape index (κ2) is 4.11. The van der Waals surface area contributed by atoms with Crippen LogP contribution in [0.15, 0.2) is 16.9 Å². The van der Waals surface area contributed by atoms with Gasteiger partial charge in [-0.2, -0.15) is 0 Å². The van der Waals surface area contributed by atoms with Gasteiger partial charge in [0.15, 0.2) is 0 Å². The van der Waals surface area contributed by atoms with Gasteiger partial charge in [0.05, 0.1) is 11.3 Å². The Morgan fingerprint density at radius 3 is 2.93 bits per heavy atom. The molecule has 2 rings (SSSR count). The molecule has 1 saturated heterocycles. The molecule has 0 aromatic carbocycles. The molecule has 78 valence electrons. The number of ether oxygens (including phenoxy) is 1. The predicted molar refractivity (Wildman–Crippen MR) is 52.1 cm³/mol. The summed E-state index contributed by atoms with van der Waals surface area (Å²) >= 11 is 0. The summed E-state index contributed by atoms with van der Waals surface area (Å²) in [5.41, 5.74) is 0.941. The Labute approximate surface area is 83.6 Å². The van der Waals surface area contributed by atoms with Crippen LogP contribution in [0.25, 0.3) is 0 Å². The summed E-state index contributed by atoms with van der Waals surface area (Å²) in [5.74, 6) is 0. The van der Waals surface area contributed by atoms with Crippen molar-refractivity contribution in [2.75, 3.05) is 20.2 Å². The van der Waals surface area contributed by atoms with Crippen LogP contribution in [0, 0.1) is 0 Å². The van der Waals surface area contributed by atoms with E-state index in [1.807, 2.05) is 6.07 Å². The van der Waals surface area contributed by atoms with Gasteiger partial charge in [-0.25, -0.2) is 0 Å². The smallest absolute Gasteiger partial charge is 0.124 e. The molecule has 0 spiro atoms. The number of nitrogens with one attached hydrogen (secondary N) is 1. The molecule has 2 heterocycles. The van der Waals surface area contributed by atoms with Crippen molar-refractivity contribution in [3.63, 3.8) is 0 Å².